The number of halogens is 3. The van der Waals surface area contributed by atoms with E-state index in [0.717, 1.165) is 12.1 Å². The molecular formula is C16H11F3O. The average molecular weight is 276 g/mol. The van der Waals surface area contributed by atoms with Gasteiger partial charge in [0, 0.05) is 5.56 Å². The van der Waals surface area contributed by atoms with Crippen LogP contribution in [0.2, 0.25) is 0 Å². The van der Waals surface area contributed by atoms with Gasteiger partial charge in [-0.1, -0.05) is 24.1 Å². The Hall–Kier alpha value is -2.41. The van der Waals surface area contributed by atoms with Gasteiger partial charge in [-0.15, -0.1) is 6.42 Å². The molecule has 0 aliphatic rings. The zero-order chi connectivity index (χ0) is 14.6. The summed E-state index contributed by atoms with van der Waals surface area (Å²) in [5.74, 6) is 3.07. The Bertz CT molecular complexity index is 621. The van der Waals surface area contributed by atoms with E-state index in [4.69, 9.17) is 11.2 Å². The third kappa shape index (κ3) is 3.55. The molecule has 0 spiro atoms. The van der Waals surface area contributed by atoms with E-state index in [2.05, 4.69) is 5.92 Å². The molecule has 0 aliphatic carbocycles. The Kier molecular flexibility index (Phi) is 3.99. The third-order valence-corrected chi connectivity index (χ3v) is 2.69. The highest BCUT2D eigenvalue weighted by molar-refractivity contribution is 5.38. The summed E-state index contributed by atoms with van der Waals surface area (Å²) in [7, 11) is 0. The van der Waals surface area contributed by atoms with E-state index < -0.39 is 11.7 Å². The number of ether oxygens (including phenoxy) is 1. The molecular weight excluding hydrogens is 265 g/mol. The topological polar surface area (TPSA) is 9.23 Å². The molecule has 2 rings (SSSR count). The van der Waals surface area contributed by atoms with Gasteiger partial charge in [-0.3, -0.25) is 0 Å². The Morgan fingerprint density at radius 1 is 1.05 bits per heavy atom. The first kappa shape index (κ1) is 14.0. The van der Waals surface area contributed by atoms with Crippen LogP contribution in [0.4, 0.5) is 13.2 Å². The van der Waals surface area contributed by atoms with Crippen LogP contribution in [-0.2, 0) is 12.8 Å². The minimum absolute atomic E-state index is 0.187. The van der Waals surface area contributed by atoms with Crippen LogP contribution in [0.5, 0.6) is 5.75 Å². The lowest BCUT2D eigenvalue weighted by atomic mass is 10.1. The van der Waals surface area contributed by atoms with Gasteiger partial charge in [0.25, 0.3) is 0 Å². The Morgan fingerprint density at radius 2 is 1.75 bits per heavy atom. The van der Waals surface area contributed by atoms with Crippen molar-refractivity contribution in [3.8, 4) is 18.1 Å². The summed E-state index contributed by atoms with van der Waals surface area (Å²) in [4.78, 5) is 0. The fourth-order valence-corrected chi connectivity index (χ4v) is 1.63. The summed E-state index contributed by atoms with van der Waals surface area (Å²) in [5, 5.41) is 0. The lowest BCUT2D eigenvalue weighted by Crippen LogP contribution is -2.05. The van der Waals surface area contributed by atoms with Crippen LogP contribution in [0.1, 0.15) is 16.7 Å². The molecule has 20 heavy (non-hydrogen) atoms. The van der Waals surface area contributed by atoms with Crippen molar-refractivity contribution in [1.82, 2.24) is 0 Å². The number of hydrogen-bond acceptors (Lipinski definition) is 1. The van der Waals surface area contributed by atoms with Gasteiger partial charge in [0.15, 0.2) is 0 Å². The smallest absolute Gasteiger partial charge is 0.416 e. The molecule has 0 amide bonds. The molecule has 0 atom stereocenters. The molecule has 0 heterocycles. The van der Waals surface area contributed by atoms with Gasteiger partial charge < -0.3 is 4.74 Å². The van der Waals surface area contributed by atoms with Crippen LogP contribution in [-0.4, -0.2) is 0 Å². The maximum atomic E-state index is 12.4. The van der Waals surface area contributed by atoms with E-state index in [-0.39, 0.29) is 6.61 Å². The lowest BCUT2D eigenvalue weighted by molar-refractivity contribution is -0.137. The summed E-state index contributed by atoms with van der Waals surface area (Å²) in [6.07, 6.45) is 0.952. The van der Waals surface area contributed by atoms with Crippen LogP contribution < -0.4 is 4.74 Å². The maximum Gasteiger partial charge on any atom is 0.416 e. The van der Waals surface area contributed by atoms with Gasteiger partial charge in [0.2, 0.25) is 0 Å². The van der Waals surface area contributed by atoms with Crippen LogP contribution in [0.3, 0.4) is 0 Å². The predicted octanol–water partition coefficient (Wildman–Crippen LogP) is 4.27. The van der Waals surface area contributed by atoms with Gasteiger partial charge >= 0.3 is 6.18 Å². The monoisotopic (exact) mass is 276 g/mol. The Labute approximate surface area is 115 Å². The molecule has 0 radical (unpaired) electrons. The summed E-state index contributed by atoms with van der Waals surface area (Å²) in [6, 6.07) is 11.8. The predicted molar refractivity (Wildman–Crippen MR) is 70.2 cm³/mol. The molecule has 0 aromatic heterocycles. The fourth-order valence-electron chi connectivity index (χ4n) is 1.63. The largest absolute Gasteiger partial charge is 0.489 e. The van der Waals surface area contributed by atoms with E-state index >= 15 is 0 Å². The third-order valence-electron chi connectivity index (χ3n) is 2.69. The molecule has 0 aliphatic heterocycles. The molecule has 0 saturated heterocycles. The molecule has 0 fully saturated rings. The first-order chi connectivity index (χ1) is 9.49. The maximum absolute atomic E-state index is 12.4. The summed E-state index contributed by atoms with van der Waals surface area (Å²) in [5.41, 5.74) is 0.676. The van der Waals surface area contributed by atoms with Crippen molar-refractivity contribution >= 4 is 0 Å². The van der Waals surface area contributed by atoms with Crippen LogP contribution in [0.15, 0.2) is 48.5 Å². The molecule has 4 heteroatoms. The van der Waals surface area contributed by atoms with Gasteiger partial charge in [0.05, 0.1) is 5.56 Å². The van der Waals surface area contributed by atoms with Crippen molar-refractivity contribution in [1.29, 1.82) is 0 Å². The number of rotatable bonds is 3. The SMILES string of the molecule is C#Cc1cccc(OCc2ccc(C(F)(F)F)cc2)c1. The van der Waals surface area contributed by atoms with Crippen molar-refractivity contribution in [2.45, 2.75) is 12.8 Å². The molecule has 0 bridgehead atoms. The molecule has 0 N–H and O–H groups in total. The summed E-state index contributed by atoms with van der Waals surface area (Å²) < 4.78 is 42.7. The standard InChI is InChI=1S/C16H11F3O/c1-2-12-4-3-5-15(10-12)20-11-13-6-8-14(9-7-13)16(17,18)19/h1,3-10H,11H2. The quantitative estimate of drug-likeness (QED) is 0.761. The van der Waals surface area contributed by atoms with E-state index in [1.54, 1.807) is 24.3 Å². The Morgan fingerprint density at radius 3 is 2.35 bits per heavy atom. The van der Waals surface area contributed by atoms with Crippen molar-refractivity contribution < 1.29 is 17.9 Å². The van der Waals surface area contributed by atoms with E-state index in [9.17, 15) is 13.2 Å². The second kappa shape index (κ2) is 5.70. The van der Waals surface area contributed by atoms with Crippen LogP contribution >= 0.6 is 0 Å². The van der Waals surface area contributed by atoms with Crippen LogP contribution in [0, 0.1) is 12.3 Å². The second-order valence-electron chi connectivity index (χ2n) is 4.16. The first-order valence-electron chi connectivity index (χ1n) is 5.84. The zero-order valence-corrected chi connectivity index (χ0v) is 10.4. The highest BCUT2D eigenvalue weighted by Gasteiger charge is 2.29. The highest BCUT2D eigenvalue weighted by atomic mass is 19.4. The number of benzene rings is 2. The molecule has 2 aromatic rings. The van der Waals surface area contributed by atoms with Crippen molar-refractivity contribution in [3.05, 3.63) is 65.2 Å². The molecule has 2 aromatic carbocycles. The van der Waals surface area contributed by atoms with Crippen LogP contribution in [0.25, 0.3) is 0 Å². The summed E-state index contributed by atoms with van der Waals surface area (Å²) in [6.45, 7) is 0.187. The molecule has 0 unspecified atom stereocenters. The minimum atomic E-state index is -4.32. The van der Waals surface area contributed by atoms with Crippen molar-refractivity contribution in [2.75, 3.05) is 0 Å². The van der Waals surface area contributed by atoms with E-state index in [1.807, 2.05) is 0 Å². The molecule has 1 nitrogen and oxygen atoms in total. The molecule has 102 valence electrons. The number of alkyl halides is 3. The van der Waals surface area contributed by atoms with Gasteiger partial charge in [0.1, 0.15) is 12.4 Å². The van der Waals surface area contributed by atoms with Gasteiger partial charge in [-0.25, -0.2) is 0 Å². The average Bonchev–Trinajstić information content (AvgIpc) is 2.45. The number of hydrogen-bond donors (Lipinski definition) is 0. The highest BCUT2D eigenvalue weighted by Crippen LogP contribution is 2.29. The Balaban J connectivity index is 2.02. The van der Waals surface area contributed by atoms with E-state index in [0.29, 0.717) is 16.9 Å². The van der Waals surface area contributed by atoms with Crippen molar-refractivity contribution in [2.24, 2.45) is 0 Å². The van der Waals surface area contributed by atoms with Gasteiger partial charge in [-0.2, -0.15) is 13.2 Å². The summed E-state index contributed by atoms with van der Waals surface area (Å²) >= 11 is 0. The second-order valence-corrected chi connectivity index (χ2v) is 4.16. The number of terminal acetylenes is 1. The fraction of sp³-hybridized carbons (Fsp3) is 0.125. The normalized spacial score (nSPS) is 10.9. The van der Waals surface area contributed by atoms with Gasteiger partial charge in [-0.05, 0) is 35.9 Å². The minimum Gasteiger partial charge on any atom is -0.489 e. The lowest BCUT2D eigenvalue weighted by Gasteiger charge is -2.09. The van der Waals surface area contributed by atoms with E-state index in [1.165, 1.54) is 12.1 Å². The molecule has 0 saturated carbocycles. The zero-order valence-electron chi connectivity index (χ0n) is 10.4. The van der Waals surface area contributed by atoms with Crippen molar-refractivity contribution in [3.63, 3.8) is 0 Å². The first-order valence-corrected chi connectivity index (χ1v) is 5.84.